The standard InChI is InChI=1S/C22H25FN4O2/c1-4-27(5-2)18-10-11-19(15(3)14-18)24-20(28)12-13-21-25-26-22(29-21)16-6-8-17(23)9-7-16/h6-11,14H,4-5,12-13H2,1-3H3,(H,24,28). The van der Waals surface area contributed by atoms with Gasteiger partial charge in [0, 0.05) is 42.9 Å². The number of nitrogens with one attached hydrogen (secondary N) is 1. The molecular formula is C22H25FN4O2. The molecule has 1 heterocycles. The van der Waals surface area contributed by atoms with Crippen molar-refractivity contribution in [2.75, 3.05) is 23.3 Å². The van der Waals surface area contributed by atoms with Crippen LogP contribution in [0.1, 0.15) is 31.7 Å². The highest BCUT2D eigenvalue weighted by Crippen LogP contribution is 2.23. The SMILES string of the molecule is CCN(CC)c1ccc(NC(=O)CCc2nnc(-c3ccc(F)cc3)o2)c(C)c1. The first-order valence-corrected chi connectivity index (χ1v) is 9.74. The lowest BCUT2D eigenvalue weighted by atomic mass is 10.1. The number of rotatable bonds is 8. The number of anilines is 2. The van der Waals surface area contributed by atoms with Crippen LogP contribution in [0.4, 0.5) is 15.8 Å². The second kappa shape index (κ2) is 9.32. The third-order valence-corrected chi connectivity index (χ3v) is 4.74. The van der Waals surface area contributed by atoms with Gasteiger partial charge in [-0.3, -0.25) is 4.79 Å². The number of carbonyl (C=O) groups excluding carboxylic acids is 1. The molecule has 6 nitrogen and oxygen atoms in total. The molecule has 0 radical (unpaired) electrons. The molecule has 3 aromatic rings. The summed E-state index contributed by atoms with van der Waals surface area (Å²) in [6.07, 6.45) is 0.554. The lowest BCUT2D eigenvalue weighted by molar-refractivity contribution is -0.116. The predicted octanol–water partition coefficient (Wildman–Crippen LogP) is 4.60. The average molecular weight is 396 g/mol. The molecule has 0 saturated carbocycles. The van der Waals surface area contributed by atoms with Crippen LogP contribution in [0.3, 0.4) is 0 Å². The van der Waals surface area contributed by atoms with E-state index in [1.165, 1.54) is 12.1 Å². The number of nitrogens with zero attached hydrogens (tertiary/aromatic N) is 3. The van der Waals surface area contributed by atoms with E-state index in [9.17, 15) is 9.18 Å². The molecule has 0 bridgehead atoms. The van der Waals surface area contributed by atoms with Gasteiger partial charge in [-0.2, -0.15) is 0 Å². The Balaban J connectivity index is 1.57. The van der Waals surface area contributed by atoms with Crippen LogP contribution in [0.25, 0.3) is 11.5 Å². The molecule has 0 aliphatic heterocycles. The van der Waals surface area contributed by atoms with Gasteiger partial charge in [-0.25, -0.2) is 4.39 Å². The smallest absolute Gasteiger partial charge is 0.247 e. The van der Waals surface area contributed by atoms with Gasteiger partial charge in [0.15, 0.2) is 0 Å². The first-order valence-electron chi connectivity index (χ1n) is 9.74. The fourth-order valence-corrected chi connectivity index (χ4v) is 3.07. The van der Waals surface area contributed by atoms with E-state index in [1.807, 2.05) is 19.1 Å². The fourth-order valence-electron chi connectivity index (χ4n) is 3.07. The molecule has 0 aliphatic rings. The highest BCUT2D eigenvalue weighted by atomic mass is 19.1. The zero-order valence-corrected chi connectivity index (χ0v) is 16.9. The Morgan fingerprint density at radius 3 is 2.48 bits per heavy atom. The lowest BCUT2D eigenvalue weighted by Crippen LogP contribution is -2.22. The van der Waals surface area contributed by atoms with Gasteiger partial charge in [-0.05, 0) is 68.8 Å². The molecule has 1 aromatic heterocycles. The van der Waals surface area contributed by atoms with Gasteiger partial charge in [-0.15, -0.1) is 10.2 Å². The topological polar surface area (TPSA) is 71.3 Å². The number of hydrogen-bond acceptors (Lipinski definition) is 5. The predicted molar refractivity (Wildman–Crippen MR) is 111 cm³/mol. The second-order valence-corrected chi connectivity index (χ2v) is 6.73. The van der Waals surface area contributed by atoms with Crippen LogP contribution in [-0.2, 0) is 11.2 Å². The zero-order chi connectivity index (χ0) is 20.8. The first kappa shape index (κ1) is 20.5. The molecular weight excluding hydrogens is 371 g/mol. The molecule has 0 atom stereocenters. The van der Waals surface area contributed by atoms with Crippen LogP contribution in [0, 0.1) is 12.7 Å². The summed E-state index contributed by atoms with van der Waals surface area (Å²) in [5.41, 5.74) is 3.59. The Kier molecular flexibility index (Phi) is 6.59. The minimum atomic E-state index is -0.328. The molecule has 1 amide bonds. The summed E-state index contributed by atoms with van der Waals surface area (Å²) in [6.45, 7) is 8.09. The largest absolute Gasteiger partial charge is 0.421 e. The van der Waals surface area contributed by atoms with E-state index in [-0.39, 0.29) is 18.1 Å². The molecule has 3 rings (SSSR count). The van der Waals surface area contributed by atoms with E-state index in [1.54, 1.807) is 12.1 Å². The molecule has 29 heavy (non-hydrogen) atoms. The Morgan fingerprint density at radius 2 is 1.83 bits per heavy atom. The third kappa shape index (κ3) is 5.19. The second-order valence-electron chi connectivity index (χ2n) is 6.73. The number of amides is 1. The van der Waals surface area contributed by atoms with Crippen molar-refractivity contribution in [3.8, 4) is 11.5 Å². The van der Waals surface area contributed by atoms with E-state index in [0.29, 0.717) is 23.8 Å². The molecule has 0 fully saturated rings. The summed E-state index contributed by atoms with van der Waals surface area (Å²) in [6, 6.07) is 11.8. The third-order valence-electron chi connectivity index (χ3n) is 4.74. The van der Waals surface area contributed by atoms with Gasteiger partial charge < -0.3 is 14.6 Å². The van der Waals surface area contributed by atoms with E-state index in [4.69, 9.17) is 4.42 Å². The summed E-state index contributed by atoms with van der Waals surface area (Å²) in [4.78, 5) is 14.6. The van der Waals surface area contributed by atoms with Crippen molar-refractivity contribution in [2.24, 2.45) is 0 Å². The number of aromatic nitrogens is 2. The van der Waals surface area contributed by atoms with Crippen LogP contribution in [-0.4, -0.2) is 29.2 Å². The van der Waals surface area contributed by atoms with E-state index in [0.717, 1.165) is 30.0 Å². The van der Waals surface area contributed by atoms with Crippen molar-refractivity contribution in [1.82, 2.24) is 10.2 Å². The molecule has 2 aromatic carbocycles. The van der Waals surface area contributed by atoms with Gasteiger partial charge >= 0.3 is 0 Å². The first-order chi connectivity index (χ1) is 14.0. The molecule has 7 heteroatoms. The Morgan fingerprint density at radius 1 is 1.10 bits per heavy atom. The van der Waals surface area contributed by atoms with Gasteiger partial charge in [0.1, 0.15) is 5.82 Å². The Labute approximate surface area is 169 Å². The molecule has 152 valence electrons. The summed E-state index contributed by atoms with van der Waals surface area (Å²) in [5.74, 6) is 0.229. The zero-order valence-electron chi connectivity index (χ0n) is 16.9. The highest BCUT2D eigenvalue weighted by Gasteiger charge is 2.12. The number of halogens is 1. The van der Waals surface area contributed by atoms with Crippen LogP contribution >= 0.6 is 0 Å². The van der Waals surface area contributed by atoms with Crippen LogP contribution in [0.15, 0.2) is 46.9 Å². The number of hydrogen-bond donors (Lipinski definition) is 1. The monoisotopic (exact) mass is 396 g/mol. The average Bonchev–Trinajstić information content (AvgIpc) is 3.19. The maximum absolute atomic E-state index is 13.0. The summed E-state index contributed by atoms with van der Waals surface area (Å²) in [5, 5.41) is 10.9. The molecule has 0 spiro atoms. The molecule has 0 saturated heterocycles. The van der Waals surface area contributed by atoms with E-state index in [2.05, 4.69) is 40.3 Å². The molecule has 0 unspecified atom stereocenters. The maximum Gasteiger partial charge on any atom is 0.247 e. The number of carbonyl (C=O) groups is 1. The van der Waals surface area contributed by atoms with Crippen molar-refractivity contribution >= 4 is 17.3 Å². The summed E-state index contributed by atoms with van der Waals surface area (Å²) < 4.78 is 18.6. The lowest BCUT2D eigenvalue weighted by Gasteiger charge is -2.22. The number of aryl methyl sites for hydroxylation is 2. The van der Waals surface area contributed by atoms with Gasteiger partial charge in [0.05, 0.1) is 0 Å². The van der Waals surface area contributed by atoms with Crippen LogP contribution in [0.2, 0.25) is 0 Å². The normalized spacial score (nSPS) is 10.8. The van der Waals surface area contributed by atoms with E-state index < -0.39 is 0 Å². The van der Waals surface area contributed by atoms with Crippen molar-refractivity contribution in [3.63, 3.8) is 0 Å². The van der Waals surface area contributed by atoms with Crippen LogP contribution in [0.5, 0.6) is 0 Å². The van der Waals surface area contributed by atoms with Crippen molar-refractivity contribution in [1.29, 1.82) is 0 Å². The number of benzene rings is 2. The summed E-state index contributed by atoms with van der Waals surface area (Å²) >= 11 is 0. The van der Waals surface area contributed by atoms with Crippen LogP contribution < -0.4 is 10.2 Å². The maximum atomic E-state index is 13.0. The Hall–Kier alpha value is -3.22. The molecule has 0 aliphatic carbocycles. The van der Waals surface area contributed by atoms with Crippen molar-refractivity contribution in [2.45, 2.75) is 33.6 Å². The van der Waals surface area contributed by atoms with Crippen molar-refractivity contribution < 1.29 is 13.6 Å². The van der Waals surface area contributed by atoms with Crippen molar-refractivity contribution in [3.05, 3.63) is 59.7 Å². The minimum absolute atomic E-state index is 0.120. The fraction of sp³-hybridized carbons (Fsp3) is 0.318. The van der Waals surface area contributed by atoms with Gasteiger partial charge in [0.2, 0.25) is 17.7 Å². The minimum Gasteiger partial charge on any atom is -0.421 e. The highest BCUT2D eigenvalue weighted by molar-refractivity contribution is 5.91. The van der Waals surface area contributed by atoms with Gasteiger partial charge in [-0.1, -0.05) is 0 Å². The quantitative estimate of drug-likeness (QED) is 0.602. The summed E-state index contributed by atoms with van der Waals surface area (Å²) in [7, 11) is 0. The van der Waals surface area contributed by atoms with Gasteiger partial charge in [0.25, 0.3) is 0 Å². The Bertz CT molecular complexity index is 965. The molecule has 1 N–H and O–H groups in total. The van der Waals surface area contributed by atoms with E-state index >= 15 is 0 Å².